The number of anilines is 2. The maximum atomic E-state index is 12.3. The van der Waals surface area contributed by atoms with Gasteiger partial charge in [0, 0.05) is 38.1 Å². The summed E-state index contributed by atoms with van der Waals surface area (Å²) in [6, 6.07) is -0.445. The van der Waals surface area contributed by atoms with Crippen molar-refractivity contribution in [3.05, 3.63) is 20.4 Å². The third kappa shape index (κ3) is 3.93. The summed E-state index contributed by atoms with van der Waals surface area (Å²) >= 11 is 0. The van der Waals surface area contributed by atoms with E-state index in [4.69, 9.17) is 21.5 Å². The lowest BCUT2D eigenvalue weighted by molar-refractivity contribution is -0.144. The highest BCUT2D eigenvalue weighted by Crippen LogP contribution is 2.36. The molecule has 11 heteroatoms. The molecule has 1 fully saturated rings. The van der Waals surface area contributed by atoms with E-state index in [1.54, 1.807) is 23.8 Å². The molecule has 1 aromatic rings. The van der Waals surface area contributed by atoms with E-state index in [0.29, 0.717) is 12.8 Å². The Labute approximate surface area is 163 Å². The Bertz CT molecular complexity index is 793. The fourth-order valence-electron chi connectivity index (χ4n) is 3.79. The van der Waals surface area contributed by atoms with Crippen molar-refractivity contribution in [2.75, 3.05) is 29.9 Å². The number of carboxylic acids is 1. The smallest absolute Gasteiger partial charge is 0.451 e. The molecule has 4 atom stereocenters. The molecule has 0 spiro atoms. The zero-order chi connectivity index (χ0) is 21.4. The predicted molar refractivity (Wildman–Crippen MR) is 107 cm³/mol. The number of carbonyl (C=O) groups is 1. The van der Waals surface area contributed by atoms with E-state index in [9.17, 15) is 19.5 Å². The molecule has 1 saturated heterocycles. The van der Waals surface area contributed by atoms with E-state index in [2.05, 4.69) is 0 Å². The molecule has 0 aromatic heterocycles. The van der Waals surface area contributed by atoms with Gasteiger partial charge in [-0.3, -0.25) is 14.4 Å². The number of aliphatic carboxylic acids is 1. The number of rotatable bonds is 9. The Balaban J connectivity index is 2.30. The van der Waals surface area contributed by atoms with Crippen LogP contribution in [0, 0.1) is 5.92 Å². The fraction of sp³-hybridized carbons (Fsp3) is 0.706. The first kappa shape index (κ1) is 22.3. The summed E-state index contributed by atoms with van der Waals surface area (Å²) < 4.78 is 0. The number of likely N-dealkylation sites (N-methyl/N-ethyl adjacent to an activating group) is 1. The zero-order valence-electron chi connectivity index (χ0n) is 16.5. The maximum Gasteiger partial charge on any atom is 0.451 e. The Morgan fingerprint density at radius 3 is 2.46 bits per heavy atom. The van der Waals surface area contributed by atoms with Gasteiger partial charge in [0.25, 0.3) is 10.9 Å². The van der Waals surface area contributed by atoms with Gasteiger partial charge in [0.2, 0.25) is 0 Å². The normalized spacial score (nSPS) is 24.4. The number of nitrogens with two attached hydrogens (primary N) is 2. The lowest BCUT2D eigenvalue weighted by atomic mass is 9.78. The molecule has 28 heavy (non-hydrogen) atoms. The van der Waals surface area contributed by atoms with Gasteiger partial charge in [0.1, 0.15) is 16.9 Å². The molecule has 0 aliphatic carbocycles. The Morgan fingerprint density at radius 2 is 1.96 bits per heavy atom. The van der Waals surface area contributed by atoms with Gasteiger partial charge in [-0.15, -0.1) is 0 Å². The molecule has 156 valence electrons. The molecule has 1 unspecified atom stereocenters. The van der Waals surface area contributed by atoms with Gasteiger partial charge in [0.05, 0.1) is 0 Å². The molecular formula is C17H29BN4O6. The Hall–Kier alpha value is -1.95. The lowest BCUT2D eigenvalue weighted by Crippen LogP contribution is -2.55. The van der Waals surface area contributed by atoms with Crippen molar-refractivity contribution >= 4 is 24.5 Å². The summed E-state index contributed by atoms with van der Waals surface area (Å²) in [5.41, 5.74) is 9.61. The van der Waals surface area contributed by atoms with E-state index in [1.165, 1.54) is 0 Å². The summed E-state index contributed by atoms with van der Waals surface area (Å²) in [5.74, 6) is -1.70. The summed E-state index contributed by atoms with van der Waals surface area (Å²) in [4.78, 5) is 39.5. The second-order valence-electron chi connectivity index (χ2n) is 7.90. The van der Waals surface area contributed by atoms with Crippen LogP contribution < -0.4 is 32.1 Å². The Morgan fingerprint density at radius 1 is 1.36 bits per heavy atom. The highest BCUT2D eigenvalue weighted by Gasteiger charge is 2.51. The second-order valence-corrected chi connectivity index (χ2v) is 7.90. The van der Waals surface area contributed by atoms with E-state index in [1.807, 2.05) is 6.92 Å². The standard InChI is InChI=1S/C17H29BN4O6/c1-9(19)10(2)21(3)12-13(15(24)14(12)23)22-7-11(5-4-6-18(27)28)17(20,8-22)16(25)26/h9-11,27-28H,4-8,19-20H2,1-3H3,(H,25,26)/t9-,10?,11+,17+/m1/s1. The van der Waals surface area contributed by atoms with E-state index < -0.39 is 35.4 Å². The molecule has 0 bridgehead atoms. The van der Waals surface area contributed by atoms with Gasteiger partial charge in [-0.25, -0.2) is 0 Å². The highest BCUT2D eigenvalue weighted by molar-refractivity contribution is 6.40. The fourth-order valence-corrected chi connectivity index (χ4v) is 3.79. The average Bonchev–Trinajstić information content (AvgIpc) is 2.94. The maximum absolute atomic E-state index is 12.3. The third-order valence-electron chi connectivity index (χ3n) is 5.94. The minimum atomic E-state index is -1.59. The largest absolute Gasteiger partial charge is 0.480 e. The van der Waals surface area contributed by atoms with Crippen molar-refractivity contribution in [2.45, 2.75) is 50.6 Å². The van der Waals surface area contributed by atoms with Crippen molar-refractivity contribution in [3.8, 4) is 0 Å². The van der Waals surface area contributed by atoms with Gasteiger partial charge in [-0.1, -0.05) is 6.42 Å². The summed E-state index contributed by atoms with van der Waals surface area (Å²) in [6.07, 6.45) is 0.836. The minimum Gasteiger partial charge on any atom is -0.480 e. The molecule has 1 heterocycles. The minimum absolute atomic E-state index is 0.103. The summed E-state index contributed by atoms with van der Waals surface area (Å²) in [5, 5.41) is 27.7. The summed E-state index contributed by atoms with van der Waals surface area (Å²) in [6.45, 7) is 3.72. The molecular weight excluding hydrogens is 367 g/mol. The molecule has 1 aromatic carbocycles. The van der Waals surface area contributed by atoms with Gasteiger partial charge in [-0.2, -0.15) is 0 Å². The SMILES string of the molecule is CC([C@@H](C)N)N(C)c1c(N2C[C@H](CCCB(O)O)[C@](N)(C(=O)O)C2)c(=O)c1=O. The molecule has 7 N–H and O–H groups in total. The zero-order valence-corrected chi connectivity index (χ0v) is 16.5. The van der Waals surface area contributed by atoms with Crippen molar-refractivity contribution in [1.82, 2.24) is 0 Å². The topological polar surface area (TPSA) is 170 Å². The van der Waals surface area contributed by atoms with Crippen LogP contribution in [0.5, 0.6) is 0 Å². The van der Waals surface area contributed by atoms with Crippen molar-refractivity contribution in [3.63, 3.8) is 0 Å². The van der Waals surface area contributed by atoms with Crippen LogP contribution in [-0.2, 0) is 4.79 Å². The number of hydrogen-bond acceptors (Lipinski definition) is 9. The second kappa shape index (κ2) is 8.20. The van der Waals surface area contributed by atoms with Crippen LogP contribution in [0.2, 0.25) is 6.32 Å². The van der Waals surface area contributed by atoms with Crippen molar-refractivity contribution in [2.24, 2.45) is 17.4 Å². The predicted octanol–water partition coefficient (Wildman–Crippen LogP) is -2.07. The van der Waals surface area contributed by atoms with Crippen molar-refractivity contribution < 1.29 is 19.9 Å². The van der Waals surface area contributed by atoms with Crippen molar-refractivity contribution in [1.29, 1.82) is 0 Å². The molecule has 2 rings (SSSR count). The molecule has 0 saturated carbocycles. The molecule has 10 nitrogen and oxygen atoms in total. The first-order chi connectivity index (χ1) is 12.9. The van der Waals surface area contributed by atoms with Crippen LogP contribution in [0.1, 0.15) is 26.7 Å². The summed E-state index contributed by atoms with van der Waals surface area (Å²) in [7, 11) is 0.208. The monoisotopic (exact) mass is 396 g/mol. The number of carboxylic acid groups (broad SMARTS) is 1. The third-order valence-corrected chi connectivity index (χ3v) is 5.94. The van der Waals surface area contributed by atoms with E-state index >= 15 is 0 Å². The average molecular weight is 396 g/mol. The van der Waals surface area contributed by atoms with Gasteiger partial charge >= 0.3 is 13.1 Å². The van der Waals surface area contributed by atoms with Gasteiger partial charge in [-0.05, 0) is 26.6 Å². The molecule has 1 aliphatic heterocycles. The first-order valence-electron chi connectivity index (χ1n) is 9.36. The van der Waals surface area contributed by atoms with Crippen LogP contribution in [-0.4, -0.2) is 66.0 Å². The number of hydrogen-bond donors (Lipinski definition) is 5. The van der Waals surface area contributed by atoms with Crippen LogP contribution in [0.4, 0.5) is 11.4 Å². The first-order valence-corrected chi connectivity index (χ1v) is 9.36. The van der Waals surface area contributed by atoms with Crippen LogP contribution in [0.15, 0.2) is 9.59 Å². The molecule has 0 amide bonds. The molecule has 1 aliphatic rings. The van der Waals surface area contributed by atoms with Crippen LogP contribution >= 0.6 is 0 Å². The number of nitrogens with zero attached hydrogens (tertiary/aromatic N) is 2. The van der Waals surface area contributed by atoms with E-state index in [0.717, 1.165) is 0 Å². The van der Waals surface area contributed by atoms with E-state index in [-0.39, 0.29) is 42.9 Å². The highest BCUT2D eigenvalue weighted by atomic mass is 16.4. The van der Waals surface area contributed by atoms with Crippen LogP contribution in [0.25, 0.3) is 0 Å². The quantitative estimate of drug-likeness (QED) is 0.231. The Kier molecular flexibility index (Phi) is 6.54. The lowest BCUT2D eigenvalue weighted by Gasteiger charge is -2.34. The van der Waals surface area contributed by atoms with Gasteiger partial charge in [0.15, 0.2) is 0 Å². The van der Waals surface area contributed by atoms with Gasteiger partial charge < -0.3 is 36.4 Å². The van der Waals surface area contributed by atoms with Crippen LogP contribution in [0.3, 0.4) is 0 Å². The molecule has 0 radical (unpaired) electrons.